The highest BCUT2D eigenvalue weighted by atomic mass is 79.9. The van der Waals surface area contributed by atoms with Crippen molar-refractivity contribution >= 4 is 15.9 Å². The predicted molar refractivity (Wildman–Crippen MR) is 82.5 cm³/mol. The Morgan fingerprint density at radius 2 is 2.26 bits per heavy atom. The first-order chi connectivity index (χ1) is 9.08. The van der Waals surface area contributed by atoms with Crippen molar-refractivity contribution in [2.45, 2.75) is 38.3 Å². The van der Waals surface area contributed by atoms with E-state index in [9.17, 15) is 0 Å². The van der Waals surface area contributed by atoms with Gasteiger partial charge in [-0.3, -0.25) is 0 Å². The molecule has 3 nitrogen and oxygen atoms in total. The Morgan fingerprint density at radius 3 is 2.89 bits per heavy atom. The normalized spacial score (nSPS) is 22.2. The maximum absolute atomic E-state index is 5.95. The summed E-state index contributed by atoms with van der Waals surface area (Å²) in [6, 6.07) is 6.68. The van der Waals surface area contributed by atoms with Gasteiger partial charge in [0.05, 0.1) is 4.47 Å². The molecule has 1 fully saturated rings. The number of ether oxygens (including phenoxy) is 1. The zero-order valence-corrected chi connectivity index (χ0v) is 13.3. The third-order valence-corrected chi connectivity index (χ3v) is 4.45. The van der Waals surface area contributed by atoms with E-state index < -0.39 is 0 Å². The lowest BCUT2D eigenvalue weighted by Gasteiger charge is -2.32. The Labute approximate surface area is 124 Å². The van der Waals surface area contributed by atoms with Gasteiger partial charge in [-0.05, 0) is 67.0 Å². The van der Waals surface area contributed by atoms with Crippen molar-refractivity contribution in [2.75, 3.05) is 20.2 Å². The molecule has 1 aromatic rings. The van der Waals surface area contributed by atoms with Crippen molar-refractivity contribution < 1.29 is 4.74 Å². The van der Waals surface area contributed by atoms with Gasteiger partial charge >= 0.3 is 0 Å². The fourth-order valence-corrected chi connectivity index (χ4v) is 2.97. The monoisotopic (exact) mass is 326 g/mol. The summed E-state index contributed by atoms with van der Waals surface area (Å²) in [6.07, 6.45) is 3.84. The minimum absolute atomic E-state index is 0.0508. The van der Waals surface area contributed by atoms with Crippen molar-refractivity contribution in [2.24, 2.45) is 5.73 Å². The lowest BCUT2D eigenvalue weighted by atomic mass is 10.0. The number of halogens is 1. The van der Waals surface area contributed by atoms with Crippen LogP contribution in [0.2, 0.25) is 0 Å². The summed E-state index contributed by atoms with van der Waals surface area (Å²) in [5.74, 6) is 0.906. The molecular weight excluding hydrogens is 304 g/mol. The van der Waals surface area contributed by atoms with Crippen LogP contribution in [-0.4, -0.2) is 31.1 Å². The van der Waals surface area contributed by atoms with Crippen LogP contribution in [0.15, 0.2) is 22.7 Å². The average molecular weight is 327 g/mol. The third kappa shape index (κ3) is 3.94. The summed E-state index contributed by atoms with van der Waals surface area (Å²) in [5, 5.41) is 0. The molecule has 1 saturated heterocycles. The number of hydrogen-bond acceptors (Lipinski definition) is 3. The molecule has 1 unspecified atom stereocenters. The van der Waals surface area contributed by atoms with Gasteiger partial charge in [0, 0.05) is 12.1 Å². The van der Waals surface area contributed by atoms with E-state index in [2.05, 4.69) is 27.9 Å². The Morgan fingerprint density at radius 1 is 1.47 bits per heavy atom. The number of likely N-dealkylation sites (N-methyl/N-ethyl adjacent to an activating group) is 1. The molecule has 0 saturated carbocycles. The minimum atomic E-state index is 0.0508. The summed E-state index contributed by atoms with van der Waals surface area (Å²) < 4.78 is 6.94. The molecule has 0 amide bonds. The molecule has 2 N–H and O–H groups in total. The van der Waals surface area contributed by atoms with Gasteiger partial charge in [0.25, 0.3) is 0 Å². The van der Waals surface area contributed by atoms with Crippen molar-refractivity contribution in [3.05, 3.63) is 28.2 Å². The molecule has 0 aliphatic carbocycles. The van der Waals surface area contributed by atoms with Crippen LogP contribution in [0.4, 0.5) is 0 Å². The van der Waals surface area contributed by atoms with E-state index in [0.717, 1.165) is 22.4 Å². The third-order valence-electron chi connectivity index (χ3n) is 3.83. The number of likely N-dealkylation sites (tertiary alicyclic amines) is 1. The standard InChI is InChI=1S/C15H23BrN2O/c1-11(17)12-6-7-15(14(16)9-12)19-10-13-5-3-4-8-18(13)2/h6-7,9,11,13H,3-5,8,10,17H2,1-2H3/t11-,13?/m0/s1. The lowest BCUT2D eigenvalue weighted by Crippen LogP contribution is -2.40. The second-order valence-electron chi connectivity index (χ2n) is 5.42. The smallest absolute Gasteiger partial charge is 0.133 e. The highest BCUT2D eigenvalue weighted by Crippen LogP contribution is 2.28. The van der Waals surface area contributed by atoms with Crippen molar-refractivity contribution in [3.63, 3.8) is 0 Å². The maximum atomic E-state index is 5.95. The number of benzene rings is 1. The van der Waals surface area contributed by atoms with E-state index in [1.54, 1.807) is 0 Å². The second kappa shape index (κ2) is 6.73. The highest BCUT2D eigenvalue weighted by Gasteiger charge is 2.19. The second-order valence-corrected chi connectivity index (χ2v) is 6.27. The summed E-state index contributed by atoms with van der Waals surface area (Å²) in [7, 11) is 2.18. The predicted octanol–water partition coefficient (Wildman–Crippen LogP) is 3.33. The van der Waals surface area contributed by atoms with Crippen LogP contribution >= 0.6 is 15.9 Å². The number of piperidine rings is 1. The zero-order chi connectivity index (χ0) is 13.8. The van der Waals surface area contributed by atoms with E-state index in [1.807, 2.05) is 25.1 Å². The summed E-state index contributed by atoms with van der Waals surface area (Å²) in [6.45, 7) is 3.92. The lowest BCUT2D eigenvalue weighted by molar-refractivity contribution is 0.124. The molecule has 1 aromatic carbocycles. The molecule has 0 spiro atoms. The van der Waals surface area contributed by atoms with Gasteiger partial charge in [0.15, 0.2) is 0 Å². The number of rotatable bonds is 4. The molecule has 4 heteroatoms. The van der Waals surface area contributed by atoms with Crippen molar-refractivity contribution in [1.29, 1.82) is 0 Å². The maximum Gasteiger partial charge on any atom is 0.133 e. The molecule has 2 rings (SSSR count). The molecule has 1 heterocycles. The van der Waals surface area contributed by atoms with Gasteiger partial charge in [0.2, 0.25) is 0 Å². The van der Waals surface area contributed by atoms with Gasteiger partial charge in [-0.1, -0.05) is 12.5 Å². The molecule has 0 bridgehead atoms. The Hall–Kier alpha value is -0.580. The molecule has 19 heavy (non-hydrogen) atoms. The van der Waals surface area contributed by atoms with Crippen molar-refractivity contribution in [3.8, 4) is 5.75 Å². The van der Waals surface area contributed by atoms with Crippen LogP contribution in [0.1, 0.15) is 37.8 Å². The molecule has 1 aliphatic heterocycles. The van der Waals surface area contributed by atoms with Crippen LogP contribution in [0.3, 0.4) is 0 Å². The number of hydrogen-bond donors (Lipinski definition) is 1. The summed E-state index contributed by atoms with van der Waals surface area (Å²) in [4.78, 5) is 2.40. The van der Waals surface area contributed by atoms with Gasteiger partial charge < -0.3 is 15.4 Å². The molecule has 0 aromatic heterocycles. The SMILES string of the molecule is C[C@H](N)c1ccc(OCC2CCCCN2C)c(Br)c1. The summed E-state index contributed by atoms with van der Waals surface area (Å²) in [5.41, 5.74) is 6.99. The first-order valence-electron chi connectivity index (χ1n) is 6.96. The highest BCUT2D eigenvalue weighted by molar-refractivity contribution is 9.10. The van der Waals surface area contributed by atoms with Gasteiger partial charge in [-0.25, -0.2) is 0 Å². The quantitative estimate of drug-likeness (QED) is 0.922. The fraction of sp³-hybridized carbons (Fsp3) is 0.600. The van der Waals surface area contributed by atoms with Gasteiger partial charge in [0.1, 0.15) is 12.4 Å². The van der Waals surface area contributed by atoms with Crippen LogP contribution in [0, 0.1) is 0 Å². The van der Waals surface area contributed by atoms with Crippen LogP contribution in [0.25, 0.3) is 0 Å². The van der Waals surface area contributed by atoms with E-state index in [1.165, 1.54) is 25.8 Å². The van der Waals surface area contributed by atoms with Crippen LogP contribution in [-0.2, 0) is 0 Å². The van der Waals surface area contributed by atoms with Gasteiger partial charge in [-0.15, -0.1) is 0 Å². The Bertz CT molecular complexity index is 423. The topological polar surface area (TPSA) is 38.5 Å². The largest absolute Gasteiger partial charge is 0.491 e. The molecule has 1 aliphatic rings. The zero-order valence-electron chi connectivity index (χ0n) is 11.7. The number of nitrogens with zero attached hydrogens (tertiary/aromatic N) is 1. The van der Waals surface area contributed by atoms with Gasteiger partial charge in [-0.2, -0.15) is 0 Å². The fourth-order valence-electron chi connectivity index (χ4n) is 2.46. The Balaban J connectivity index is 1.95. The van der Waals surface area contributed by atoms with Crippen LogP contribution < -0.4 is 10.5 Å². The number of nitrogens with two attached hydrogens (primary N) is 1. The summed E-state index contributed by atoms with van der Waals surface area (Å²) >= 11 is 3.56. The van der Waals surface area contributed by atoms with E-state index >= 15 is 0 Å². The first-order valence-corrected chi connectivity index (χ1v) is 7.75. The molecule has 2 atom stereocenters. The average Bonchev–Trinajstić information content (AvgIpc) is 2.39. The van der Waals surface area contributed by atoms with E-state index in [-0.39, 0.29) is 6.04 Å². The minimum Gasteiger partial charge on any atom is -0.491 e. The van der Waals surface area contributed by atoms with Crippen molar-refractivity contribution in [1.82, 2.24) is 4.90 Å². The molecular formula is C15H23BrN2O. The van der Waals surface area contributed by atoms with Crippen LogP contribution in [0.5, 0.6) is 5.75 Å². The van der Waals surface area contributed by atoms with E-state index in [0.29, 0.717) is 6.04 Å². The molecule has 0 radical (unpaired) electrons. The Kier molecular flexibility index (Phi) is 5.25. The molecule has 106 valence electrons. The van der Waals surface area contributed by atoms with E-state index in [4.69, 9.17) is 10.5 Å². The first kappa shape index (κ1) is 14.8.